The molecule has 1 aliphatic rings. The summed E-state index contributed by atoms with van der Waals surface area (Å²) in [6.07, 6.45) is 0.314. The van der Waals surface area contributed by atoms with E-state index in [1.165, 1.54) is 33.0 Å². The van der Waals surface area contributed by atoms with E-state index in [1.807, 2.05) is 0 Å². The van der Waals surface area contributed by atoms with Gasteiger partial charge in [-0.1, -0.05) is 0 Å². The first-order valence-electron chi connectivity index (χ1n) is 13.7. The number of Topliss-reactive ketones (excluding diaryl/α,β-unsaturated/α-hetero) is 1. The molecule has 44 heavy (non-hydrogen) atoms. The molecule has 13 nitrogen and oxygen atoms in total. The maximum absolute atomic E-state index is 13.3. The van der Waals surface area contributed by atoms with Crippen LogP contribution in [0, 0.1) is 5.92 Å². The van der Waals surface area contributed by atoms with Crippen molar-refractivity contribution >= 4 is 35.2 Å². The minimum absolute atomic E-state index is 0.0144. The lowest BCUT2D eigenvalue weighted by Gasteiger charge is -2.27. The molecule has 0 saturated heterocycles. The summed E-state index contributed by atoms with van der Waals surface area (Å²) in [5.74, 6) is -2.05. The zero-order valence-corrected chi connectivity index (χ0v) is 24.5. The standard InChI is InChI=1S/C28H32F3N7O6/c1-15(39)16-5-7-18(8-6-16)38-12-19(22(36-38)23(32)40)34-24(41)20-13-43-25(35-20)17-9-10-33-21(11-17)37(14-28(29,30)31)26(42)44-27(2,3)4/h9-13,16,18H,5-8,14H2,1-4H3,(H2,32,40)(H,34,41)/t16-,18-. The maximum Gasteiger partial charge on any atom is 0.416 e. The molecular weight excluding hydrogens is 587 g/mol. The summed E-state index contributed by atoms with van der Waals surface area (Å²) in [6.45, 7) is 4.44. The van der Waals surface area contributed by atoms with E-state index in [4.69, 9.17) is 14.9 Å². The molecule has 0 unspecified atom stereocenters. The first kappa shape index (κ1) is 32.2. The third-order valence-electron chi connectivity index (χ3n) is 6.82. The number of carbonyl (C=O) groups is 4. The van der Waals surface area contributed by atoms with Gasteiger partial charge in [-0.05, 0) is 65.5 Å². The molecule has 0 bridgehead atoms. The van der Waals surface area contributed by atoms with Crippen LogP contribution in [0.4, 0.5) is 29.5 Å². The van der Waals surface area contributed by atoms with Crippen molar-refractivity contribution in [2.75, 3.05) is 16.8 Å². The third kappa shape index (κ3) is 7.99. The summed E-state index contributed by atoms with van der Waals surface area (Å²) >= 11 is 0. The zero-order valence-electron chi connectivity index (χ0n) is 24.5. The number of ketones is 1. The number of primary amides is 1. The molecule has 236 valence electrons. The Labute approximate surface area is 249 Å². The number of oxazole rings is 1. The Hall–Kier alpha value is -4.76. The number of nitrogens with two attached hydrogens (primary N) is 1. The van der Waals surface area contributed by atoms with E-state index < -0.39 is 36.2 Å². The van der Waals surface area contributed by atoms with Crippen molar-refractivity contribution in [3.05, 3.63) is 42.2 Å². The van der Waals surface area contributed by atoms with Crippen LogP contribution < -0.4 is 16.0 Å². The minimum Gasteiger partial charge on any atom is -0.444 e. The Morgan fingerprint density at radius 1 is 1.16 bits per heavy atom. The molecule has 3 aromatic rings. The van der Waals surface area contributed by atoms with Crippen LogP contribution in [0.1, 0.15) is 80.4 Å². The Kier molecular flexibility index (Phi) is 9.11. The van der Waals surface area contributed by atoms with Gasteiger partial charge in [-0.3, -0.25) is 24.0 Å². The van der Waals surface area contributed by atoms with Crippen LogP contribution in [0.3, 0.4) is 0 Å². The average molecular weight is 620 g/mol. The SMILES string of the molecule is CC(=O)[C@H]1CC[C@H](n2cc(NC(=O)c3coc(-c4ccnc(N(CC(F)(F)F)C(=O)OC(C)(C)C)c4)n3)c(C(N)=O)n2)CC1. The second kappa shape index (κ2) is 12.5. The first-order valence-corrected chi connectivity index (χ1v) is 13.7. The fraction of sp³-hybridized carbons (Fsp3) is 0.464. The summed E-state index contributed by atoms with van der Waals surface area (Å²) in [6, 6.07) is 2.42. The number of anilines is 2. The smallest absolute Gasteiger partial charge is 0.416 e. The minimum atomic E-state index is -4.76. The predicted molar refractivity (Wildman–Crippen MR) is 150 cm³/mol. The molecule has 3 aromatic heterocycles. The molecule has 0 spiro atoms. The second-order valence-electron chi connectivity index (χ2n) is 11.4. The van der Waals surface area contributed by atoms with Crippen LogP contribution in [-0.2, 0) is 9.53 Å². The highest BCUT2D eigenvalue weighted by Gasteiger charge is 2.37. The fourth-order valence-corrected chi connectivity index (χ4v) is 4.73. The molecule has 3 N–H and O–H groups in total. The molecule has 1 saturated carbocycles. The van der Waals surface area contributed by atoms with Crippen molar-refractivity contribution < 1.29 is 41.5 Å². The van der Waals surface area contributed by atoms with E-state index in [0.29, 0.717) is 30.6 Å². The van der Waals surface area contributed by atoms with Gasteiger partial charge in [0.15, 0.2) is 11.4 Å². The Bertz CT molecular complexity index is 1550. The van der Waals surface area contributed by atoms with E-state index in [9.17, 15) is 32.3 Å². The highest BCUT2D eigenvalue weighted by Crippen LogP contribution is 2.33. The molecule has 0 radical (unpaired) electrons. The summed E-state index contributed by atoms with van der Waals surface area (Å²) < 4.78 is 52.0. The van der Waals surface area contributed by atoms with Gasteiger partial charge in [0.1, 0.15) is 30.0 Å². The average Bonchev–Trinajstić information content (AvgIpc) is 3.59. The molecule has 3 heterocycles. The number of hydrogen-bond acceptors (Lipinski definition) is 9. The number of alkyl halides is 3. The number of pyridine rings is 1. The van der Waals surface area contributed by atoms with E-state index >= 15 is 0 Å². The van der Waals surface area contributed by atoms with Crippen LogP contribution in [-0.4, -0.2) is 61.8 Å². The monoisotopic (exact) mass is 619 g/mol. The first-order chi connectivity index (χ1) is 20.5. The maximum atomic E-state index is 13.3. The highest BCUT2D eigenvalue weighted by atomic mass is 19.4. The second-order valence-corrected chi connectivity index (χ2v) is 11.4. The molecule has 16 heteroatoms. The van der Waals surface area contributed by atoms with Gasteiger partial charge in [-0.2, -0.15) is 18.3 Å². The lowest BCUT2D eigenvalue weighted by atomic mass is 9.84. The van der Waals surface area contributed by atoms with Crippen LogP contribution in [0.5, 0.6) is 0 Å². The van der Waals surface area contributed by atoms with Crippen molar-refractivity contribution in [1.82, 2.24) is 19.7 Å². The Morgan fingerprint density at radius 2 is 1.84 bits per heavy atom. The number of carbonyl (C=O) groups excluding carboxylic acids is 4. The molecule has 3 amide bonds. The molecule has 1 fully saturated rings. The van der Waals surface area contributed by atoms with E-state index in [-0.39, 0.29) is 52.1 Å². The fourth-order valence-electron chi connectivity index (χ4n) is 4.73. The van der Waals surface area contributed by atoms with E-state index in [2.05, 4.69) is 20.4 Å². The van der Waals surface area contributed by atoms with Gasteiger partial charge in [0.2, 0.25) is 5.89 Å². The summed E-state index contributed by atoms with van der Waals surface area (Å²) in [4.78, 5) is 57.7. The Balaban J connectivity index is 1.53. The molecular formula is C28H32F3N7O6. The van der Waals surface area contributed by atoms with Gasteiger partial charge in [-0.15, -0.1) is 0 Å². The largest absolute Gasteiger partial charge is 0.444 e. The Morgan fingerprint density at radius 3 is 2.43 bits per heavy atom. The van der Waals surface area contributed by atoms with Crippen molar-refractivity contribution in [2.45, 2.75) is 71.2 Å². The van der Waals surface area contributed by atoms with Gasteiger partial charge >= 0.3 is 12.3 Å². The number of halogens is 3. The number of aromatic nitrogens is 4. The van der Waals surface area contributed by atoms with Crippen molar-refractivity contribution in [2.24, 2.45) is 11.7 Å². The molecule has 0 aromatic carbocycles. The van der Waals surface area contributed by atoms with E-state index in [0.717, 1.165) is 18.5 Å². The van der Waals surface area contributed by atoms with Crippen LogP contribution in [0.15, 0.2) is 35.2 Å². The normalized spacial score (nSPS) is 17.2. The van der Waals surface area contributed by atoms with Gasteiger partial charge in [0.05, 0.1) is 11.7 Å². The number of nitrogens with one attached hydrogen (secondary N) is 1. The van der Waals surface area contributed by atoms with E-state index in [1.54, 1.807) is 11.6 Å². The summed E-state index contributed by atoms with van der Waals surface area (Å²) in [5.41, 5.74) is 4.21. The van der Waals surface area contributed by atoms with Crippen LogP contribution in [0.2, 0.25) is 0 Å². The summed E-state index contributed by atoms with van der Waals surface area (Å²) in [7, 11) is 0. The molecule has 1 aliphatic carbocycles. The van der Waals surface area contributed by atoms with Crippen LogP contribution >= 0.6 is 0 Å². The number of nitrogens with zero attached hydrogens (tertiary/aromatic N) is 5. The number of rotatable bonds is 8. The highest BCUT2D eigenvalue weighted by molar-refractivity contribution is 6.07. The van der Waals surface area contributed by atoms with Gasteiger partial charge in [-0.25, -0.2) is 14.8 Å². The van der Waals surface area contributed by atoms with Gasteiger partial charge < -0.3 is 20.2 Å². The van der Waals surface area contributed by atoms with Crippen molar-refractivity contribution in [3.63, 3.8) is 0 Å². The quantitative estimate of drug-likeness (QED) is 0.355. The number of amides is 3. The number of hydrogen-bond donors (Lipinski definition) is 2. The topological polar surface area (TPSA) is 176 Å². The molecule has 0 atom stereocenters. The molecule has 4 rings (SSSR count). The van der Waals surface area contributed by atoms with Crippen LogP contribution in [0.25, 0.3) is 11.5 Å². The van der Waals surface area contributed by atoms with Gasteiger partial charge in [0, 0.05) is 23.9 Å². The third-order valence-corrected chi connectivity index (χ3v) is 6.82. The lowest BCUT2D eigenvalue weighted by molar-refractivity contribution is -0.122. The lowest BCUT2D eigenvalue weighted by Crippen LogP contribution is -2.42. The van der Waals surface area contributed by atoms with Crippen molar-refractivity contribution in [3.8, 4) is 11.5 Å². The van der Waals surface area contributed by atoms with Gasteiger partial charge in [0.25, 0.3) is 11.8 Å². The predicted octanol–water partition coefficient (Wildman–Crippen LogP) is 4.91. The number of ether oxygens (including phenoxy) is 1. The zero-order chi connectivity index (χ0) is 32.4. The molecule has 0 aliphatic heterocycles. The summed E-state index contributed by atoms with van der Waals surface area (Å²) in [5, 5.41) is 6.80. The van der Waals surface area contributed by atoms with Crippen molar-refractivity contribution in [1.29, 1.82) is 0 Å².